The Labute approximate surface area is 192 Å². The Hall–Kier alpha value is -1.62. The number of esters is 2. The van der Waals surface area contributed by atoms with Crippen molar-refractivity contribution in [1.82, 2.24) is 0 Å². The Morgan fingerprint density at radius 2 is 1.56 bits per heavy atom. The summed E-state index contributed by atoms with van der Waals surface area (Å²) in [7, 11) is 0. The maximum absolute atomic E-state index is 11.7. The minimum atomic E-state index is -0.318. The van der Waals surface area contributed by atoms with Gasteiger partial charge in [-0.15, -0.1) is 0 Å². The Morgan fingerprint density at radius 1 is 0.844 bits per heavy atom. The van der Waals surface area contributed by atoms with Crippen LogP contribution in [-0.4, -0.2) is 38.4 Å². The molecule has 32 heavy (non-hydrogen) atoms. The molecule has 4 rings (SSSR count). The molecule has 0 heterocycles. The number of ether oxygens (including phenoxy) is 3. The summed E-state index contributed by atoms with van der Waals surface area (Å²) in [5.74, 6) is 4.97. The quantitative estimate of drug-likeness (QED) is 0.352. The molecule has 4 aliphatic carbocycles. The molecule has 4 saturated carbocycles. The van der Waals surface area contributed by atoms with Crippen molar-refractivity contribution in [2.24, 2.45) is 47.3 Å². The van der Waals surface area contributed by atoms with Gasteiger partial charge in [0, 0.05) is 24.9 Å². The van der Waals surface area contributed by atoms with Crippen LogP contribution in [0.3, 0.4) is 0 Å². The van der Waals surface area contributed by atoms with Crippen molar-refractivity contribution in [3.63, 3.8) is 0 Å². The van der Waals surface area contributed by atoms with Gasteiger partial charge in [-0.2, -0.15) is 0 Å². The standard InChI is InChI=1S/C27H40O5/c1-4-26(28)31-14-19-7-5-6-18(8-19)13-30-16-22-11-21-12-24(22)25-10-20(9-23(21)25)15-32-27(29)17(2)3/h4,18-25H,1-2,5-16H2,3H3. The van der Waals surface area contributed by atoms with Crippen LogP contribution in [-0.2, 0) is 23.8 Å². The van der Waals surface area contributed by atoms with E-state index in [1.165, 1.54) is 44.6 Å². The topological polar surface area (TPSA) is 61.8 Å². The van der Waals surface area contributed by atoms with Crippen LogP contribution >= 0.6 is 0 Å². The SMILES string of the molecule is C=CC(=O)OCC1CCCC(COCC2CC3CC2C2CC(COC(=O)C(=C)C)CC32)C1. The second-order valence-electron chi connectivity index (χ2n) is 11.0. The molecular weight excluding hydrogens is 404 g/mol. The molecule has 0 aromatic heterocycles. The Balaban J connectivity index is 1.16. The van der Waals surface area contributed by atoms with Gasteiger partial charge in [0.25, 0.3) is 0 Å². The number of carbonyl (C=O) groups excluding carboxylic acids is 2. The molecule has 0 aliphatic heterocycles. The minimum Gasteiger partial charge on any atom is -0.462 e. The highest BCUT2D eigenvalue weighted by molar-refractivity contribution is 5.86. The molecule has 0 aromatic rings. The molecule has 0 saturated heterocycles. The van der Waals surface area contributed by atoms with Gasteiger partial charge in [-0.25, -0.2) is 9.59 Å². The van der Waals surface area contributed by atoms with Crippen LogP contribution in [0.1, 0.15) is 58.3 Å². The Morgan fingerprint density at radius 3 is 2.31 bits per heavy atom. The lowest BCUT2D eigenvalue weighted by molar-refractivity contribution is -0.140. The van der Waals surface area contributed by atoms with Crippen molar-refractivity contribution in [3.05, 3.63) is 24.8 Å². The zero-order valence-corrected chi connectivity index (χ0v) is 19.6. The van der Waals surface area contributed by atoms with Crippen LogP contribution in [0, 0.1) is 47.3 Å². The zero-order valence-electron chi connectivity index (χ0n) is 19.6. The van der Waals surface area contributed by atoms with Gasteiger partial charge in [0.1, 0.15) is 0 Å². The van der Waals surface area contributed by atoms with E-state index in [0.717, 1.165) is 49.7 Å². The summed E-state index contributed by atoms with van der Waals surface area (Å²) in [6.07, 6.45) is 11.0. The second-order valence-corrected chi connectivity index (χ2v) is 11.0. The molecule has 2 bridgehead atoms. The van der Waals surface area contributed by atoms with Crippen molar-refractivity contribution < 1.29 is 23.8 Å². The third-order valence-electron chi connectivity index (χ3n) is 8.71. The van der Waals surface area contributed by atoms with E-state index in [0.29, 0.717) is 42.5 Å². The zero-order chi connectivity index (χ0) is 22.7. The van der Waals surface area contributed by atoms with E-state index in [1.807, 2.05) is 0 Å². The van der Waals surface area contributed by atoms with E-state index in [4.69, 9.17) is 14.2 Å². The molecule has 4 aliphatic rings. The van der Waals surface area contributed by atoms with Crippen molar-refractivity contribution >= 4 is 11.9 Å². The Kier molecular flexibility index (Phi) is 7.75. The van der Waals surface area contributed by atoms with Gasteiger partial charge in [0.2, 0.25) is 0 Å². The lowest BCUT2D eigenvalue weighted by Gasteiger charge is -2.32. The fourth-order valence-corrected chi connectivity index (χ4v) is 7.32. The highest BCUT2D eigenvalue weighted by Crippen LogP contribution is 2.62. The van der Waals surface area contributed by atoms with Crippen molar-refractivity contribution in [3.8, 4) is 0 Å². The van der Waals surface area contributed by atoms with Gasteiger partial charge < -0.3 is 14.2 Å². The van der Waals surface area contributed by atoms with Crippen molar-refractivity contribution in [2.45, 2.75) is 58.3 Å². The summed E-state index contributed by atoms with van der Waals surface area (Å²) in [4.78, 5) is 23.0. The van der Waals surface area contributed by atoms with Crippen molar-refractivity contribution in [1.29, 1.82) is 0 Å². The van der Waals surface area contributed by atoms with Crippen LogP contribution < -0.4 is 0 Å². The number of carbonyl (C=O) groups is 2. The molecule has 0 radical (unpaired) electrons. The van der Waals surface area contributed by atoms with Crippen LogP contribution in [0.15, 0.2) is 24.8 Å². The van der Waals surface area contributed by atoms with E-state index in [1.54, 1.807) is 6.92 Å². The van der Waals surface area contributed by atoms with E-state index < -0.39 is 0 Å². The fourth-order valence-electron chi connectivity index (χ4n) is 7.32. The largest absolute Gasteiger partial charge is 0.462 e. The summed E-state index contributed by atoms with van der Waals surface area (Å²) in [6.45, 7) is 11.7. The Bertz CT molecular complexity index is 715. The fraction of sp³-hybridized carbons (Fsp3) is 0.778. The van der Waals surface area contributed by atoms with E-state index in [-0.39, 0.29) is 11.9 Å². The van der Waals surface area contributed by atoms with Gasteiger partial charge in [0.05, 0.1) is 13.2 Å². The van der Waals surface area contributed by atoms with Gasteiger partial charge in [-0.3, -0.25) is 0 Å². The molecule has 0 aromatic carbocycles. The summed E-state index contributed by atoms with van der Waals surface area (Å²) >= 11 is 0. The predicted octanol–water partition coefficient (Wildman–Crippen LogP) is 4.96. The minimum absolute atomic E-state index is 0.250. The van der Waals surface area contributed by atoms with Gasteiger partial charge >= 0.3 is 11.9 Å². The predicted molar refractivity (Wildman–Crippen MR) is 123 cm³/mol. The molecule has 0 spiro atoms. The molecule has 8 unspecified atom stereocenters. The molecule has 4 fully saturated rings. The van der Waals surface area contributed by atoms with Crippen LogP contribution in [0.4, 0.5) is 0 Å². The lowest BCUT2D eigenvalue weighted by atomic mass is 9.76. The van der Waals surface area contributed by atoms with E-state index >= 15 is 0 Å². The molecule has 178 valence electrons. The van der Waals surface area contributed by atoms with Gasteiger partial charge in [-0.1, -0.05) is 19.6 Å². The van der Waals surface area contributed by atoms with E-state index in [9.17, 15) is 9.59 Å². The van der Waals surface area contributed by atoms with Crippen LogP contribution in [0.2, 0.25) is 0 Å². The number of hydrogen-bond acceptors (Lipinski definition) is 5. The molecule has 5 nitrogen and oxygen atoms in total. The van der Waals surface area contributed by atoms with Crippen LogP contribution in [0.25, 0.3) is 0 Å². The normalized spacial score (nSPS) is 37.7. The van der Waals surface area contributed by atoms with Crippen LogP contribution in [0.5, 0.6) is 0 Å². The average Bonchev–Trinajstić information content (AvgIpc) is 3.48. The molecule has 0 amide bonds. The number of hydrogen-bond donors (Lipinski definition) is 0. The summed E-state index contributed by atoms with van der Waals surface area (Å²) in [5.41, 5.74) is 0.488. The monoisotopic (exact) mass is 444 g/mol. The summed E-state index contributed by atoms with van der Waals surface area (Å²) in [6, 6.07) is 0. The number of fused-ring (bicyclic) bond motifs is 5. The molecule has 0 N–H and O–H groups in total. The summed E-state index contributed by atoms with van der Waals surface area (Å²) < 4.78 is 17.0. The lowest BCUT2D eigenvalue weighted by Crippen LogP contribution is -2.29. The third kappa shape index (κ3) is 5.47. The van der Waals surface area contributed by atoms with E-state index in [2.05, 4.69) is 13.2 Å². The van der Waals surface area contributed by atoms with Gasteiger partial charge in [-0.05, 0) is 99.2 Å². The summed E-state index contributed by atoms with van der Waals surface area (Å²) in [5, 5.41) is 0. The number of rotatable bonds is 10. The van der Waals surface area contributed by atoms with Crippen molar-refractivity contribution in [2.75, 3.05) is 26.4 Å². The first-order valence-electron chi connectivity index (χ1n) is 12.6. The third-order valence-corrected chi connectivity index (χ3v) is 8.71. The maximum atomic E-state index is 11.7. The highest BCUT2D eigenvalue weighted by atomic mass is 16.5. The first-order valence-corrected chi connectivity index (χ1v) is 12.6. The molecule has 5 heteroatoms. The maximum Gasteiger partial charge on any atom is 0.333 e. The first-order chi connectivity index (χ1) is 15.4. The molecular formula is C27H40O5. The second kappa shape index (κ2) is 10.5. The average molecular weight is 445 g/mol. The first kappa shape index (κ1) is 23.5. The highest BCUT2D eigenvalue weighted by Gasteiger charge is 2.55. The molecule has 8 atom stereocenters. The smallest absolute Gasteiger partial charge is 0.333 e. The van der Waals surface area contributed by atoms with Gasteiger partial charge in [0.15, 0.2) is 0 Å².